The average Bonchev–Trinajstić information content (AvgIpc) is 2.93. The van der Waals surface area contributed by atoms with E-state index >= 15 is 0 Å². The van der Waals surface area contributed by atoms with Crippen molar-refractivity contribution < 1.29 is 23.7 Å². The zero-order valence-electron chi connectivity index (χ0n) is 20.5. The number of benzene rings is 3. The first-order valence-corrected chi connectivity index (χ1v) is 11.4. The molecule has 0 heterocycles. The molecule has 0 aromatic heterocycles. The summed E-state index contributed by atoms with van der Waals surface area (Å²) in [6, 6.07) is 19.5. The molecule has 37 heavy (non-hydrogen) atoms. The van der Waals surface area contributed by atoms with Gasteiger partial charge in [0.05, 0.1) is 38.0 Å². The molecule has 0 saturated heterocycles. The molecule has 0 atom stereocenters. The lowest BCUT2D eigenvalue weighted by molar-refractivity contribution is -0.117. The maximum atomic E-state index is 12.7. The van der Waals surface area contributed by atoms with E-state index in [1.165, 1.54) is 20.3 Å². The minimum Gasteiger partial charge on any atom is -0.497 e. The van der Waals surface area contributed by atoms with Crippen LogP contribution in [0.1, 0.15) is 22.3 Å². The molecular weight excluding hydrogens is 494 g/mol. The first kappa shape index (κ1) is 26.9. The molecule has 0 bridgehead atoms. The van der Waals surface area contributed by atoms with Crippen molar-refractivity contribution in [3.63, 3.8) is 0 Å². The van der Waals surface area contributed by atoms with Crippen molar-refractivity contribution in [1.82, 2.24) is 5.32 Å². The minimum atomic E-state index is -0.566. The Balaban J connectivity index is 1.78. The van der Waals surface area contributed by atoms with Gasteiger partial charge in [0.25, 0.3) is 5.91 Å². The number of ether oxygens (including phenoxy) is 4. The van der Waals surface area contributed by atoms with E-state index in [1.54, 1.807) is 55.6 Å². The van der Waals surface area contributed by atoms with E-state index in [-0.39, 0.29) is 29.5 Å². The molecule has 0 fully saturated rings. The van der Waals surface area contributed by atoms with Crippen LogP contribution >= 0.6 is 11.6 Å². The second-order valence-corrected chi connectivity index (χ2v) is 8.03. The summed E-state index contributed by atoms with van der Waals surface area (Å²) in [6.45, 7) is 0.252. The fourth-order valence-electron chi connectivity index (χ4n) is 3.45. The third kappa shape index (κ3) is 6.72. The Morgan fingerprint density at radius 3 is 2.41 bits per heavy atom. The van der Waals surface area contributed by atoms with E-state index in [0.717, 1.165) is 5.56 Å². The molecule has 9 heteroatoms. The highest BCUT2D eigenvalue weighted by Gasteiger charge is 2.16. The van der Waals surface area contributed by atoms with Crippen LogP contribution < -0.4 is 24.3 Å². The summed E-state index contributed by atoms with van der Waals surface area (Å²) in [5.41, 5.74) is 2.26. The van der Waals surface area contributed by atoms with Gasteiger partial charge in [-0.2, -0.15) is 10.5 Å². The summed E-state index contributed by atoms with van der Waals surface area (Å²) in [5.74, 6) is 1.20. The van der Waals surface area contributed by atoms with Crippen LogP contribution in [0.2, 0.25) is 5.02 Å². The van der Waals surface area contributed by atoms with E-state index in [4.69, 9.17) is 30.5 Å². The third-order valence-electron chi connectivity index (χ3n) is 5.37. The summed E-state index contributed by atoms with van der Waals surface area (Å²) in [4.78, 5) is 12.7. The molecule has 0 spiro atoms. The maximum Gasteiger partial charge on any atom is 0.262 e. The predicted molar refractivity (Wildman–Crippen MR) is 138 cm³/mol. The standard InChI is InChI=1S/C28H24ClN3O5/c1-34-23-9-8-20(25(13-23)35-2)16-32-28(33)22(15-31)10-18-11-24(29)27(26(12-18)36-3)37-17-21-7-5-4-6-19(21)14-30/h4-13H,16-17H2,1-3H3,(H,32,33)/b22-10+. The van der Waals surface area contributed by atoms with Gasteiger partial charge in [0.15, 0.2) is 11.5 Å². The highest BCUT2D eigenvalue weighted by molar-refractivity contribution is 6.32. The molecule has 0 radical (unpaired) electrons. The normalized spacial score (nSPS) is 10.6. The van der Waals surface area contributed by atoms with Crippen molar-refractivity contribution in [1.29, 1.82) is 10.5 Å². The van der Waals surface area contributed by atoms with Crippen LogP contribution in [0.5, 0.6) is 23.0 Å². The first-order chi connectivity index (χ1) is 17.9. The fourth-order valence-corrected chi connectivity index (χ4v) is 3.73. The van der Waals surface area contributed by atoms with Gasteiger partial charge in [-0.25, -0.2) is 0 Å². The van der Waals surface area contributed by atoms with E-state index in [2.05, 4.69) is 11.4 Å². The number of methoxy groups -OCH3 is 3. The molecule has 0 aliphatic heterocycles. The Morgan fingerprint density at radius 1 is 0.973 bits per heavy atom. The molecule has 188 valence electrons. The first-order valence-electron chi connectivity index (χ1n) is 11.0. The second-order valence-electron chi connectivity index (χ2n) is 7.62. The molecule has 0 aliphatic rings. The topological polar surface area (TPSA) is 114 Å². The smallest absolute Gasteiger partial charge is 0.262 e. The number of nitrogens with one attached hydrogen (secondary N) is 1. The number of rotatable bonds is 10. The average molecular weight is 518 g/mol. The van der Waals surface area contributed by atoms with E-state index in [1.807, 2.05) is 12.1 Å². The number of nitrogens with zero attached hydrogens (tertiary/aromatic N) is 2. The summed E-state index contributed by atoms with van der Waals surface area (Å²) in [5, 5.41) is 21.8. The molecular formula is C28H24ClN3O5. The van der Waals surface area contributed by atoms with Gasteiger partial charge in [-0.1, -0.05) is 29.8 Å². The summed E-state index contributed by atoms with van der Waals surface area (Å²) in [7, 11) is 4.52. The van der Waals surface area contributed by atoms with Crippen molar-refractivity contribution in [2.24, 2.45) is 0 Å². The molecule has 3 aromatic rings. The molecule has 1 N–H and O–H groups in total. The van der Waals surface area contributed by atoms with Crippen molar-refractivity contribution in [3.05, 3.63) is 87.4 Å². The van der Waals surface area contributed by atoms with Gasteiger partial charge < -0.3 is 24.3 Å². The summed E-state index contributed by atoms with van der Waals surface area (Å²) < 4.78 is 21.8. The number of hydrogen-bond donors (Lipinski definition) is 1. The molecule has 3 aromatic carbocycles. The Hall–Kier alpha value is -4.66. The number of amides is 1. The summed E-state index contributed by atoms with van der Waals surface area (Å²) in [6.07, 6.45) is 1.41. The Labute approximate surface area is 220 Å². The zero-order valence-corrected chi connectivity index (χ0v) is 21.3. The van der Waals surface area contributed by atoms with Gasteiger partial charge >= 0.3 is 0 Å². The van der Waals surface area contributed by atoms with Gasteiger partial charge in [-0.3, -0.25) is 4.79 Å². The lowest BCUT2D eigenvalue weighted by Crippen LogP contribution is -2.24. The van der Waals surface area contributed by atoms with Crippen LogP contribution in [0.15, 0.2) is 60.2 Å². The highest BCUT2D eigenvalue weighted by Crippen LogP contribution is 2.37. The molecule has 3 rings (SSSR count). The van der Waals surface area contributed by atoms with E-state index in [9.17, 15) is 15.3 Å². The Morgan fingerprint density at radius 2 is 1.73 bits per heavy atom. The number of carbonyl (C=O) groups is 1. The molecule has 8 nitrogen and oxygen atoms in total. The fraction of sp³-hybridized carbons (Fsp3) is 0.179. The van der Waals surface area contributed by atoms with Crippen LogP contribution in [0, 0.1) is 22.7 Å². The monoisotopic (exact) mass is 517 g/mol. The lowest BCUT2D eigenvalue weighted by Gasteiger charge is -2.14. The Kier molecular flexibility index (Phi) is 9.37. The highest BCUT2D eigenvalue weighted by atomic mass is 35.5. The lowest BCUT2D eigenvalue weighted by atomic mass is 10.1. The van der Waals surface area contributed by atoms with Gasteiger partial charge in [0.2, 0.25) is 0 Å². The quantitative estimate of drug-likeness (QED) is 0.296. The number of nitriles is 2. The Bertz CT molecular complexity index is 1410. The molecule has 1 amide bonds. The number of hydrogen-bond acceptors (Lipinski definition) is 7. The molecule has 0 saturated carbocycles. The molecule has 0 unspecified atom stereocenters. The molecule has 0 aliphatic carbocycles. The van der Waals surface area contributed by atoms with Crippen LogP contribution in [0.25, 0.3) is 6.08 Å². The zero-order chi connectivity index (χ0) is 26.8. The maximum absolute atomic E-state index is 12.7. The second kappa shape index (κ2) is 12.9. The van der Waals surface area contributed by atoms with Crippen molar-refractivity contribution in [2.45, 2.75) is 13.2 Å². The minimum absolute atomic E-state index is 0.107. The predicted octanol–water partition coefficient (Wildman–Crippen LogP) is 5.04. The van der Waals surface area contributed by atoms with Gasteiger partial charge in [0, 0.05) is 23.7 Å². The van der Waals surface area contributed by atoms with Crippen LogP contribution in [0.4, 0.5) is 0 Å². The van der Waals surface area contributed by atoms with Crippen LogP contribution in [-0.2, 0) is 17.9 Å². The SMILES string of the molecule is COc1ccc(CNC(=O)/C(C#N)=C/c2cc(Cl)c(OCc3ccccc3C#N)c(OC)c2)c(OC)c1. The van der Waals surface area contributed by atoms with E-state index in [0.29, 0.717) is 33.9 Å². The van der Waals surface area contributed by atoms with Crippen molar-refractivity contribution in [2.75, 3.05) is 21.3 Å². The largest absolute Gasteiger partial charge is 0.497 e. The van der Waals surface area contributed by atoms with Gasteiger partial charge in [0.1, 0.15) is 29.7 Å². The van der Waals surface area contributed by atoms with Gasteiger partial charge in [-0.05, 0) is 42.0 Å². The van der Waals surface area contributed by atoms with Crippen molar-refractivity contribution in [3.8, 4) is 35.1 Å². The van der Waals surface area contributed by atoms with Crippen LogP contribution in [-0.4, -0.2) is 27.2 Å². The number of halogens is 1. The van der Waals surface area contributed by atoms with Crippen LogP contribution in [0.3, 0.4) is 0 Å². The van der Waals surface area contributed by atoms with Crippen molar-refractivity contribution >= 4 is 23.6 Å². The number of carbonyl (C=O) groups excluding carboxylic acids is 1. The van der Waals surface area contributed by atoms with E-state index < -0.39 is 5.91 Å². The summed E-state index contributed by atoms with van der Waals surface area (Å²) >= 11 is 6.45. The van der Waals surface area contributed by atoms with Gasteiger partial charge in [-0.15, -0.1) is 0 Å². The third-order valence-corrected chi connectivity index (χ3v) is 5.65.